The number of hydrogen-bond acceptors (Lipinski definition) is 3. The van der Waals surface area contributed by atoms with Crippen molar-refractivity contribution >= 4 is 22.4 Å². The first-order chi connectivity index (χ1) is 15.7. The molecule has 4 aromatic rings. The Hall–Kier alpha value is -3.09. The van der Waals surface area contributed by atoms with Crippen LogP contribution in [-0.4, -0.2) is 16.3 Å². The number of nitrogens with zero attached hydrogens (tertiary/aromatic N) is 1. The minimum absolute atomic E-state index is 0.0811. The maximum absolute atomic E-state index is 14.4. The van der Waals surface area contributed by atoms with E-state index in [-0.39, 0.29) is 21.5 Å². The van der Waals surface area contributed by atoms with Gasteiger partial charge in [-0.1, -0.05) is 73.1 Å². The van der Waals surface area contributed by atoms with E-state index in [1.165, 1.54) is 49.6 Å². The molecule has 0 saturated heterocycles. The number of aliphatic hydroxyl groups is 1. The molecule has 170 valence electrons. The van der Waals surface area contributed by atoms with E-state index in [1.54, 1.807) is 12.1 Å². The van der Waals surface area contributed by atoms with Crippen LogP contribution in [-0.2, 0) is 12.2 Å². The van der Waals surface area contributed by atoms with Crippen molar-refractivity contribution in [2.75, 3.05) is 0 Å². The van der Waals surface area contributed by atoms with Gasteiger partial charge in [-0.3, -0.25) is 4.98 Å². The Balaban J connectivity index is 1.71. The number of benzene rings is 3. The fourth-order valence-corrected chi connectivity index (χ4v) is 4.34. The van der Waals surface area contributed by atoms with Crippen LogP contribution in [0.2, 0.25) is 5.02 Å². The molecule has 0 fully saturated rings. The molecule has 0 aliphatic carbocycles. The van der Waals surface area contributed by atoms with E-state index in [2.05, 4.69) is 4.98 Å². The number of halogens is 4. The Morgan fingerprint density at radius 3 is 2.45 bits per heavy atom. The van der Waals surface area contributed by atoms with Crippen molar-refractivity contribution in [1.29, 1.82) is 0 Å². The molecule has 4 rings (SSSR count). The van der Waals surface area contributed by atoms with Crippen molar-refractivity contribution in [2.24, 2.45) is 0 Å². The van der Waals surface area contributed by atoms with E-state index >= 15 is 0 Å². The zero-order valence-electron chi connectivity index (χ0n) is 17.7. The SMILES string of the molecule is CC(c1ccc(OCc2ccccc2)cc1Cl)C(O)(c1cccc2cnccc12)C(F)(F)F. The lowest BCUT2D eigenvalue weighted by atomic mass is 9.76. The molecule has 3 nitrogen and oxygen atoms in total. The normalized spacial score (nSPS) is 14.6. The highest BCUT2D eigenvalue weighted by Crippen LogP contribution is 2.51. The molecule has 0 spiro atoms. The number of ether oxygens (including phenoxy) is 1. The van der Waals surface area contributed by atoms with Crippen LogP contribution in [0.15, 0.2) is 85.2 Å². The Kier molecular flexibility index (Phi) is 6.32. The Labute approximate surface area is 194 Å². The molecule has 2 atom stereocenters. The molecule has 0 aliphatic rings. The van der Waals surface area contributed by atoms with Gasteiger partial charge in [0.05, 0.1) is 0 Å². The lowest BCUT2D eigenvalue weighted by Crippen LogP contribution is -2.46. The summed E-state index contributed by atoms with van der Waals surface area (Å²) >= 11 is 6.40. The highest BCUT2D eigenvalue weighted by atomic mass is 35.5. The topological polar surface area (TPSA) is 42.4 Å². The van der Waals surface area contributed by atoms with Crippen LogP contribution in [0.5, 0.6) is 5.75 Å². The van der Waals surface area contributed by atoms with E-state index in [4.69, 9.17) is 16.3 Å². The molecular weight excluding hydrogens is 451 g/mol. The summed E-state index contributed by atoms with van der Waals surface area (Å²) in [5, 5.41) is 12.1. The largest absolute Gasteiger partial charge is 0.489 e. The Morgan fingerprint density at radius 1 is 1.00 bits per heavy atom. The number of alkyl halides is 3. The van der Waals surface area contributed by atoms with Gasteiger partial charge in [0, 0.05) is 34.3 Å². The number of fused-ring (bicyclic) bond motifs is 1. The second-order valence-electron chi connectivity index (χ2n) is 7.85. The van der Waals surface area contributed by atoms with Gasteiger partial charge in [0.1, 0.15) is 12.4 Å². The zero-order chi connectivity index (χ0) is 23.6. The molecule has 7 heteroatoms. The molecule has 2 unspecified atom stereocenters. The highest BCUT2D eigenvalue weighted by Gasteiger charge is 2.59. The van der Waals surface area contributed by atoms with Crippen LogP contribution in [0, 0.1) is 0 Å². The molecule has 0 amide bonds. The lowest BCUT2D eigenvalue weighted by molar-refractivity contribution is -0.274. The summed E-state index contributed by atoms with van der Waals surface area (Å²) in [4.78, 5) is 3.97. The summed E-state index contributed by atoms with van der Waals surface area (Å²) in [6.07, 6.45) is -2.10. The van der Waals surface area contributed by atoms with Crippen molar-refractivity contribution in [3.8, 4) is 5.75 Å². The number of aromatic nitrogens is 1. The van der Waals surface area contributed by atoms with E-state index in [1.807, 2.05) is 30.3 Å². The van der Waals surface area contributed by atoms with Gasteiger partial charge in [-0.05, 0) is 34.7 Å². The van der Waals surface area contributed by atoms with Crippen LogP contribution < -0.4 is 4.74 Å². The van der Waals surface area contributed by atoms with Gasteiger partial charge >= 0.3 is 6.18 Å². The number of hydrogen-bond donors (Lipinski definition) is 1. The van der Waals surface area contributed by atoms with E-state index in [0.717, 1.165) is 5.56 Å². The van der Waals surface area contributed by atoms with Crippen molar-refractivity contribution in [3.63, 3.8) is 0 Å². The average molecular weight is 472 g/mol. The first-order valence-electron chi connectivity index (χ1n) is 10.3. The third kappa shape index (κ3) is 4.41. The summed E-state index contributed by atoms with van der Waals surface area (Å²) in [7, 11) is 0. The maximum atomic E-state index is 14.4. The number of pyridine rings is 1. The van der Waals surface area contributed by atoms with Gasteiger partial charge in [-0.2, -0.15) is 13.2 Å². The molecule has 0 aliphatic heterocycles. The fourth-order valence-electron chi connectivity index (χ4n) is 4.00. The summed E-state index contributed by atoms with van der Waals surface area (Å²) in [6.45, 7) is 1.61. The molecule has 0 bridgehead atoms. The quantitative estimate of drug-likeness (QED) is 0.328. The van der Waals surface area contributed by atoms with Crippen molar-refractivity contribution < 1.29 is 23.0 Å². The van der Waals surface area contributed by atoms with E-state index in [0.29, 0.717) is 17.7 Å². The molecular formula is C26H21ClF3NO2. The summed E-state index contributed by atoms with van der Waals surface area (Å²) in [5.74, 6) is -0.974. The third-order valence-corrected chi connectivity index (χ3v) is 6.16. The summed E-state index contributed by atoms with van der Waals surface area (Å²) in [5.41, 5.74) is -2.32. The second kappa shape index (κ2) is 9.04. The molecule has 1 aromatic heterocycles. The summed E-state index contributed by atoms with van der Waals surface area (Å²) < 4.78 is 49.0. The minimum Gasteiger partial charge on any atom is -0.489 e. The molecule has 33 heavy (non-hydrogen) atoms. The summed E-state index contributed by atoms with van der Waals surface area (Å²) in [6, 6.07) is 19.9. The van der Waals surface area contributed by atoms with E-state index < -0.39 is 17.7 Å². The lowest BCUT2D eigenvalue weighted by Gasteiger charge is -2.37. The molecule has 3 aromatic carbocycles. The van der Waals surface area contributed by atoms with Gasteiger partial charge in [-0.15, -0.1) is 0 Å². The van der Waals surface area contributed by atoms with Gasteiger partial charge in [-0.25, -0.2) is 0 Å². The first-order valence-corrected chi connectivity index (χ1v) is 10.7. The fraction of sp³-hybridized carbons (Fsp3) is 0.192. The van der Waals surface area contributed by atoms with Crippen molar-refractivity contribution in [2.45, 2.75) is 31.2 Å². The molecule has 1 N–H and O–H groups in total. The van der Waals surface area contributed by atoms with Gasteiger partial charge < -0.3 is 9.84 Å². The van der Waals surface area contributed by atoms with E-state index in [9.17, 15) is 18.3 Å². The molecule has 1 heterocycles. The van der Waals surface area contributed by atoms with Crippen molar-refractivity contribution in [3.05, 3.63) is 107 Å². The predicted octanol–water partition coefficient (Wildman–Crippen LogP) is 7.02. The van der Waals surface area contributed by atoms with Crippen molar-refractivity contribution in [1.82, 2.24) is 4.98 Å². The second-order valence-corrected chi connectivity index (χ2v) is 8.25. The zero-order valence-corrected chi connectivity index (χ0v) is 18.4. The number of rotatable bonds is 6. The first kappa shape index (κ1) is 23.1. The van der Waals surface area contributed by atoms with Crippen LogP contribution in [0.3, 0.4) is 0 Å². The maximum Gasteiger partial charge on any atom is 0.422 e. The van der Waals surface area contributed by atoms with Gasteiger partial charge in [0.15, 0.2) is 5.60 Å². The molecule has 0 saturated carbocycles. The van der Waals surface area contributed by atoms with Gasteiger partial charge in [0.25, 0.3) is 0 Å². The standard InChI is InChI=1S/C26H21ClF3NO2/c1-17(21-11-10-20(14-24(21)27)33-16-18-6-3-2-4-7-18)25(32,26(28,29)30)23-9-5-8-19-15-31-13-12-22(19)23/h2-15,17,32H,16H2,1H3. The minimum atomic E-state index is -4.96. The Morgan fingerprint density at radius 2 is 1.76 bits per heavy atom. The average Bonchev–Trinajstić information content (AvgIpc) is 2.81. The van der Waals surface area contributed by atoms with Crippen LogP contribution in [0.25, 0.3) is 10.8 Å². The Bertz CT molecular complexity index is 1260. The van der Waals surface area contributed by atoms with Gasteiger partial charge in [0.2, 0.25) is 0 Å². The smallest absolute Gasteiger partial charge is 0.422 e. The van der Waals surface area contributed by atoms with Crippen LogP contribution in [0.4, 0.5) is 13.2 Å². The third-order valence-electron chi connectivity index (χ3n) is 5.84. The highest BCUT2D eigenvalue weighted by molar-refractivity contribution is 6.31. The monoisotopic (exact) mass is 471 g/mol. The molecule has 0 radical (unpaired) electrons. The van der Waals surface area contributed by atoms with Crippen LogP contribution in [0.1, 0.15) is 29.5 Å². The van der Waals surface area contributed by atoms with Crippen LogP contribution >= 0.6 is 11.6 Å². The predicted molar refractivity (Wildman–Crippen MR) is 122 cm³/mol.